The summed E-state index contributed by atoms with van der Waals surface area (Å²) in [6.07, 6.45) is 0.563. The Labute approximate surface area is 143 Å². The molecular weight excluding hydrogens is 365 g/mol. The summed E-state index contributed by atoms with van der Waals surface area (Å²) in [6.45, 7) is 0. The van der Waals surface area contributed by atoms with E-state index in [4.69, 9.17) is 5.26 Å². The summed E-state index contributed by atoms with van der Waals surface area (Å²) >= 11 is 0. The first-order valence-electron chi connectivity index (χ1n) is 6.52. The standard InChI is InChI=1S/C16H6F5N3.ClH/c17-11-8(12(18)14(20)15(21)13(11)19)5-7(6-22)16-23-9-3-1-2-4-10(9)24-16;/h1-5H,(H,23,24);1H/b7-5+;. The Kier molecular flexibility index (Phi) is 5.09. The van der Waals surface area contributed by atoms with Crippen LogP contribution < -0.4 is 0 Å². The van der Waals surface area contributed by atoms with E-state index in [0.717, 1.165) is 0 Å². The number of aromatic amines is 1. The van der Waals surface area contributed by atoms with Crippen LogP contribution in [0, 0.1) is 40.4 Å². The molecule has 0 aliphatic heterocycles. The summed E-state index contributed by atoms with van der Waals surface area (Å²) in [5.41, 5.74) is -0.560. The van der Waals surface area contributed by atoms with Crippen LogP contribution in [0.15, 0.2) is 24.3 Å². The highest BCUT2D eigenvalue weighted by Gasteiger charge is 2.25. The van der Waals surface area contributed by atoms with Gasteiger partial charge in [-0.2, -0.15) is 5.26 Å². The van der Waals surface area contributed by atoms with Gasteiger partial charge in [0.2, 0.25) is 5.82 Å². The van der Waals surface area contributed by atoms with E-state index in [1.165, 1.54) is 0 Å². The van der Waals surface area contributed by atoms with Crippen LogP contribution in [0.2, 0.25) is 0 Å². The van der Waals surface area contributed by atoms with Crippen LogP contribution in [0.1, 0.15) is 11.4 Å². The minimum absolute atomic E-state index is 0. The molecule has 9 heteroatoms. The van der Waals surface area contributed by atoms with E-state index in [1.807, 2.05) is 0 Å². The predicted octanol–water partition coefficient (Wildman–Crippen LogP) is 4.74. The van der Waals surface area contributed by atoms with Crippen LogP contribution in [-0.2, 0) is 0 Å². The Balaban J connectivity index is 0.00000225. The summed E-state index contributed by atoms with van der Waals surface area (Å²) in [4.78, 5) is 6.79. The van der Waals surface area contributed by atoms with Crippen molar-refractivity contribution in [2.24, 2.45) is 0 Å². The zero-order chi connectivity index (χ0) is 17.4. The molecule has 1 heterocycles. The van der Waals surface area contributed by atoms with Gasteiger partial charge in [-0.05, 0) is 18.2 Å². The van der Waals surface area contributed by atoms with Gasteiger partial charge in [0.15, 0.2) is 23.3 Å². The van der Waals surface area contributed by atoms with Crippen molar-refractivity contribution in [3.8, 4) is 6.07 Å². The highest BCUT2D eigenvalue weighted by atomic mass is 35.5. The molecule has 0 unspecified atom stereocenters. The van der Waals surface area contributed by atoms with Crippen molar-refractivity contribution in [3.63, 3.8) is 0 Å². The molecule has 0 fully saturated rings. The number of aromatic nitrogens is 2. The molecule has 0 aliphatic rings. The molecule has 1 aromatic heterocycles. The second kappa shape index (κ2) is 6.91. The molecule has 0 bridgehead atoms. The van der Waals surface area contributed by atoms with E-state index in [9.17, 15) is 22.0 Å². The number of rotatable bonds is 2. The maximum atomic E-state index is 13.7. The number of imidazole rings is 1. The number of H-pyrrole nitrogens is 1. The van der Waals surface area contributed by atoms with Crippen LogP contribution in [0.25, 0.3) is 22.7 Å². The van der Waals surface area contributed by atoms with Gasteiger partial charge in [-0.1, -0.05) is 12.1 Å². The van der Waals surface area contributed by atoms with E-state index in [0.29, 0.717) is 17.1 Å². The van der Waals surface area contributed by atoms with Gasteiger partial charge < -0.3 is 4.98 Å². The van der Waals surface area contributed by atoms with Crippen LogP contribution in [-0.4, -0.2) is 9.97 Å². The molecule has 3 aromatic rings. The molecule has 2 aromatic carbocycles. The molecule has 3 nitrogen and oxygen atoms in total. The average Bonchev–Trinajstić information content (AvgIpc) is 3.02. The van der Waals surface area contributed by atoms with Gasteiger partial charge in [-0.15, -0.1) is 12.4 Å². The molecule has 0 atom stereocenters. The third-order valence-electron chi connectivity index (χ3n) is 3.30. The average molecular weight is 372 g/mol. The summed E-state index contributed by atoms with van der Waals surface area (Å²) in [5.74, 6) is -10.5. The van der Waals surface area contributed by atoms with Crippen molar-refractivity contribution < 1.29 is 22.0 Å². The second-order valence-corrected chi connectivity index (χ2v) is 4.76. The van der Waals surface area contributed by atoms with Crippen molar-refractivity contribution in [1.29, 1.82) is 5.26 Å². The number of benzene rings is 2. The van der Waals surface area contributed by atoms with E-state index < -0.39 is 34.6 Å². The smallest absolute Gasteiger partial charge is 0.200 e. The number of hydrogen-bond acceptors (Lipinski definition) is 2. The van der Waals surface area contributed by atoms with Gasteiger partial charge in [0.25, 0.3) is 0 Å². The van der Waals surface area contributed by atoms with Crippen molar-refractivity contribution in [1.82, 2.24) is 9.97 Å². The second-order valence-electron chi connectivity index (χ2n) is 4.76. The predicted molar refractivity (Wildman–Crippen MR) is 83.1 cm³/mol. The quantitative estimate of drug-likeness (QED) is 0.306. The fourth-order valence-electron chi connectivity index (χ4n) is 2.13. The maximum Gasteiger partial charge on any atom is 0.200 e. The van der Waals surface area contributed by atoms with E-state index >= 15 is 0 Å². The Morgan fingerprint density at radius 1 is 0.960 bits per heavy atom. The molecule has 0 saturated carbocycles. The molecule has 25 heavy (non-hydrogen) atoms. The van der Waals surface area contributed by atoms with Crippen LogP contribution in [0.4, 0.5) is 22.0 Å². The first kappa shape index (κ1) is 18.4. The zero-order valence-electron chi connectivity index (χ0n) is 12.1. The SMILES string of the molecule is Cl.N#C/C(=C\c1c(F)c(F)c(F)c(F)c1F)c1nc2ccccc2[nH]1. The molecule has 1 N–H and O–H groups in total. The molecule has 128 valence electrons. The Morgan fingerprint density at radius 2 is 1.52 bits per heavy atom. The number of allylic oxidation sites excluding steroid dienone is 1. The minimum Gasteiger partial charge on any atom is -0.337 e. The molecule has 3 rings (SSSR count). The van der Waals surface area contributed by atoms with E-state index in [2.05, 4.69) is 9.97 Å². The minimum atomic E-state index is -2.26. The Bertz CT molecular complexity index is 974. The largest absolute Gasteiger partial charge is 0.337 e. The topological polar surface area (TPSA) is 52.5 Å². The third kappa shape index (κ3) is 3.06. The number of hydrogen-bond donors (Lipinski definition) is 1. The molecule has 0 radical (unpaired) electrons. The van der Waals surface area contributed by atoms with Gasteiger partial charge in [-0.25, -0.2) is 26.9 Å². The monoisotopic (exact) mass is 371 g/mol. The summed E-state index contributed by atoms with van der Waals surface area (Å²) in [5, 5.41) is 9.16. The summed E-state index contributed by atoms with van der Waals surface area (Å²) in [6, 6.07) is 8.30. The van der Waals surface area contributed by atoms with Gasteiger partial charge in [0.1, 0.15) is 11.9 Å². The molecule has 0 aliphatic carbocycles. The zero-order valence-corrected chi connectivity index (χ0v) is 12.9. The molecule has 0 saturated heterocycles. The third-order valence-corrected chi connectivity index (χ3v) is 3.30. The maximum absolute atomic E-state index is 13.7. The number of nitriles is 1. The van der Waals surface area contributed by atoms with Crippen molar-refractivity contribution in [2.45, 2.75) is 0 Å². The van der Waals surface area contributed by atoms with Crippen LogP contribution in [0.3, 0.4) is 0 Å². The van der Waals surface area contributed by atoms with Gasteiger partial charge in [0, 0.05) is 0 Å². The van der Waals surface area contributed by atoms with Crippen LogP contribution >= 0.6 is 12.4 Å². The number of para-hydroxylation sites is 2. The molecular formula is C16H7ClF5N3. The lowest BCUT2D eigenvalue weighted by Crippen LogP contribution is -2.04. The van der Waals surface area contributed by atoms with Crippen molar-refractivity contribution in [2.75, 3.05) is 0 Å². The first-order valence-corrected chi connectivity index (χ1v) is 6.52. The fourth-order valence-corrected chi connectivity index (χ4v) is 2.13. The van der Waals surface area contributed by atoms with Crippen molar-refractivity contribution in [3.05, 3.63) is 64.7 Å². The molecule has 0 spiro atoms. The van der Waals surface area contributed by atoms with Gasteiger partial charge in [0.05, 0.1) is 22.2 Å². The van der Waals surface area contributed by atoms with E-state index in [-0.39, 0.29) is 23.8 Å². The summed E-state index contributed by atoms with van der Waals surface area (Å²) < 4.78 is 66.9. The highest BCUT2D eigenvalue weighted by molar-refractivity contribution is 5.90. The van der Waals surface area contributed by atoms with Gasteiger partial charge in [-0.3, -0.25) is 0 Å². The van der Waals surface area contributed by atoms with Crippen molar-refractivity contribution >= 4 is 35.1 Å². The lowest BCUT2D eigenvalue weighted by atomic mass is 10.1. The van der Waals surface area contributed by atoms with Gasteiger partial charge >= 0.3 is 0 Å². The summed E-state index contributed by atoms with van der Waals surface area (Å²) in [7, 11) is 0. The fraction of sp³-hybridized carbons (Fsp3) is 0. The number of nitrogens with one attached hydrogen (secondary N) is 1. The van der Waals surface area contributed by atoms with Crippen LogP contribution in [0.5, 0.6) is 0 Å². The number of halogens is 6. The Morgan fingerprint density at radius 3 is 2.08 bits per heavy atom. The Hall–Kier alpha value is -2.92. The molecule has 0 amide bonds. The number of fused-ring (bicyclic) bond motifs is 1. The lowest BCUT2D eigenvalue weighted by molar-refractivity contribution is 0.377. The number of nitrogens with zero attached hydrogens (tertiary/aromatic N) is 2. The first-order chi connectivity index (χ1) is 11.4. The lowest BCUT2D eigenvalue weighted by Gasteiger charge is -2.04. The highest BCUT2D eigenvalue weighted by Crippen LogP contribution is 2.27. The normalized spacial score (nSPS) is 11.3. The van der Waals surface area contributed by atoms with E-state index in [1.54, 1.807) is 30.3 Å².